The van der Waals surface area contributed by atoms with Crippen molar-refractivity contribution < 1.29 is 14.6 Å². The summed E-state index contributed by atoms with van der Waals surface area (Å²) in [6, 6.07) is 6.44. The number of carboxylic acid groups (broad SMARTS) is 1. The van der Waals surface area contributed by atoms with Crippen molar-refractivity contribution in [2.45, 2.75) is 0 Å². The van der Waals surface area contributed by atoms with Gasteiger partial charge in [0.25, 0.3) is 0 Å². The molecule has 0 amide bonds. The van der Waals surface area contributed by atoms with Crippen molar-refractivity contribution in [1.82, 2.24) is 4.98 Å². The third-order valence-corrected chi connectivity index (χ3v) is 3.62. The molecule has 1 aromatic heterocycles. The molecule has 0 radical (unpaired) electrons. The van der Waals surface area contributed by atoms with Gasteiger partial charge in [-0.25, -0.2) is 4.79 Å². The highest BCUT2D eigenvalue weighted by Gasteiger charge is 2.10. The minimum Gasteiger partial charge on any atom is -0.478 e. The molecule has 0 aliphatic heterocycles. The first-order valence-electron chi connectivity index (χ1n) is 4.88. The summed E-state index contributed by atoms with van der Waals surface area (Å²) in [4.78, 5) is 14.8. The fourth-order valence-electron chi connectivity index (χ4n) is 1.28. The van der Waals surface area contributed by atoms with Crippen LogP contribution in [0.2, 0.25) is 0 Å². The number of rotatable bonds is 3. The summed E-state index contributed by atoms with van der Waals surface area (Å²) in [6.45, 7) is 0. The number of ether oxygens (including phenoxy) is 1. The van der Waals surface area contributed by atoms with Crippen LogP contribution in [0.25, 0.3) is 0 Å². The van der Waals surface area contributed by atoms with Crippen LogP contribution in [0.1, 0.15) is 10.4 Å². The Balaban J connectivity index is 2.37. The molecule has 1 heterocycles. The monoisotopic (exact) mass is 419 g/mol. The highest BCUT2D eigenvalue weighted by molar-refractivity contribution is 14.1. The van der Waals surface area contributed by atoms with Gasteiger partial charge in [-0.15, -0.1) is 0 Å². The molecule has 4 nitrogen and oxygen atoms in total. The Morgan fingerprint density at radius 2 is 2.11 bits per heavy atom. The highest BCUT2D eigenvalue weighted by atomic mass is 127. The number of aromatic carboxylic acids is 1. The van der Waals surface area contributed by atoms with Gasteiger partial charge in [0.05, 0.1) is 13.6 Å². The van der Waals surface area contributed by atoms with E-state index in [1.54, 1.807) is 30.6 Å². The zero-order chi connectivity index (χ0) is 13.1. The molecular weight excluding hydrogens is 413 g/mol. The summed E-state index contributed by atoms with van der Waals surface area (Å²) in [7, 11) is 0. The first-order chi connectivity index (χ1) is 8.58. The van der Waals surface area contributed by atoms with E-state index in [0.717, 1.165) is 3.57 Å². The maximum atomic E-state index is 10.9. The molecule has 0 aliphatic rings. The Morgan fingerprint density at radius 1 is 1.33 bits per heavy atom. The van der Waals surface area contributed by atoms with Gasteiger partial charge < -0.3 is 9.84 Å². The highest BCUT2D eigenvalue weighted by Crippen LogP contribution is 2.31. The van der Waals surface area contributed by atoms with Gasteiger partial charge in [-0.05, 0) is 56.7 Å². The molecule has 0 saturated carbocycles. The van der Waals surface area contributed by atoms with Crippen molar-refractivity contribution in [3.05, 3.63) is 50.3 Å². The number of aromatic nitrogens is 1. The zero-order valence-electron chi connectivity index (χ0n) is 8.93. The lowest BCUT2D eigenvalue weighted by molar-refractivity contribution is 0.0696. The minimum absolute atomic E-state index is 0.190. The molecule has 0 spiro atoms. The molecule has 2 aromatic rings. The Kier molecular flexibility index (Phi) is 4.18. The average Bonchev–Trinajstić information content (AvgIpc) is 2.34. The standard InChI is InChI=1S/C12H7BrINO3/c13-8-6-15-4-3-10(8)18-11-5-7(12(16)17)1-2-9(11)14/h1-6H,(H,16,17). The quantitative estimate of drug-likeness (QED) is 0.765. The van der Waals surface area contributed by atoms with E-state index < -0.39 is 5.97 Å². The van der Waals surface area contributed by atoms with E-state index in [1.807, 2.05) is 0 Å². The number of benzene rings is 1. The Bertz CT molecular complexity index is 604. The summed E-state index contributed by atoms with van der Waals surface area (Å²) in [6.07, 6.45) is 3.22. The maximum absolute atomic E-state index is 10.9. The summed E-state index contributed by atoms with van der Waals surface area (Å²) in [5, 5.41) is 8.94. The fourth-order valence-corrected chi connectivity index (χ4v) is 2.06. The van der Waals surface area contributed by atoms with Gasteiger partial charge in [-0.3, -0.25) is 4.98 Å². The molecule has 0 atom stereocenters. The van der Waals surface area contributed by atoms with E-state index >= 15 is 0 Å². The number of carbonyl (C=O) groups is 1. The largest absolute Gasteiger partial charge is 0.478 e. The third-order valence-electron chi connectivity index (χ3n) is 2.13. The van der Waals surface area contributed by atoms with Gasteiger partial charge in [0, 0.05) is 18.5 Å². The second-order valence-electron chi connectivity index (χ2n) is 3.36. The molecule has 0 saturated heterocycles. The van der Waals surface area contributed by atoms with E-state index in [0.29, 0.717) is 16.0 Å². The molecule has 92 valence electrons. The molecular formula is C12H7BrINO3. The van der Waals surface area contributed by atoms with Crippen LogP contribution in [0, 0.1) is 3.57 Å². The van der Waals surface area contributed by atoms with Crippen molar-refractivity contribution in [2.75, 3.05) is 0 Å². The van der Waals surface area contributed by atoms with Crippen LogP contribution >= 0.6 is 38.5 Å². The Labute approximate surface area is 125 Å². The van der Waals surface area contributed by atoms with E-state index in [-0.39, 0.29) is 5.56 Å². The SMILES string of the molecule is O=C(O)c1ccc(I)c(Oc2ccncc2Br)c1. The average molecular weight is 420 g/mol. The fraction of sp³-hybridized carbons (Fsp3) is 0. The van der Waals surface area contributed by atoms with Crippen LogP contribution in [0.3, 0.4) is 0 Å². The molecule has 6 heteroatoms. The summed E-state index contributed by atoms with van der Waals surface area (Å²) in [5.41, 5.74) is 0.190. The maximum Gasteiger partial charge on any atom is 0.335 e. The second kappa shape index (κ2) is 5.66. The summed E-state index contributed by atoms with van der Waals surface area (Å²) < 4.78 is 7.22. The smallest absolute Gasteiger partial charge is 0.335 e. The lowest BCUT2D eigenvalue weighted by Crippen LogP contribution is -1.98. The lowest BCUT2D eigenvalue weighted by Gasteiger charge is -2.09. The lowest BCUT2D eigenvalue weighted by atomic mass is 10.2. The van der Waals surface area contributed by atoms with Gasteiger partial charge in [0.15, 0.2) is 0 Å². The van der Waals surface area contributed by atoms with Crippen LogP contribution < -0.4 is 4.74 Å². The molecule has 1 aromatic carbocycles. The molecule has 2 rings (SSSR count). The number of hydrogen-bond acceptors (Lipinski definition) is 3. The van der Waals surface area contributed by atoms with Gasteiger partial charge >= 0.3 is 5.97 Å². The molecule has 18 heavy (non-hydrogen) atoms. The van der Waals surface area contributed by atoms with E-state index in [2.05, 4.69) is 43.5 Å². The third kappa shape index (κ3) is 2.99. The van der Waals surface area contributed by atoms with E-state index in [9.17, 15) is 4.79 Å². The number of carboxylic acids is 1. The van der Waals surface area contributed by atoms with Crippen molar-refractivity contribution in [2.24, 2.45) is 0 Å². The molecule has 1 N–H and O–H groups in total. The molecule has 0 bridgehead atoms. The number of hydrogen-bond donors (Lipinski definition) is 1. The van der Waals surface area contributed by atoms with Gasteiger partial charge in [0.1, 0.15) is 11.5 Å². The molecule has 0 aliphatic carbocycles. The second-order valence-corrected chi connectivity index (χ2v) is 5.38. The van der Waals surface area contributed by atoms with Crippen LogP contribution in [0.5, 0.6) is 11.5 Å². The Morgan fingerprint density at radius 3 is 2.78 bits per heavy atom. The number of nitrogens with zero attached hydrogens (tertiary/aromatic N) is 1. The van der Waals surface area contributed by atoms with Crippen LogP contribution in [-0.4, -0.2) is 16.1 Å². The van der Waals surface area contributed by atoms with Crippen LogP contribution in [0.4, 0.5) is 0 Å². The van der Waals surface area contributed by atoms with Gasteiger partial charge in [0.2, 0.25) is 0 Å². The van der Waals surface area contributed by atoms with Crippen LogP contribution in [0.15, 0.2) is 41.1 Å². The predicted molar refractivity (Wildman–Crippen MR) is 78.1 cm³/mol. The Hall–Kier alpha value is -1.15. The van der Waals surface area contributed by atoms with E-state index in [1.165, 1.54) is 6.07 Å². The normalized spacial score (nSPS) is 10.1. The summed E-state index contributed by atoms with van der Waals surface area (Å²) in [5.74, 6) is 0.109. The first kappa shape index (κ1) is 13.3. The topological polar surface area (TPSA) is 59.4 Å². The molecule has 0 fully saturated rings. The van der Waals surface area contributed by atoms with Gasteiger partial charge in [-0.1, -0.05) is 0 Å². The number of pyridine rings is 1. The predicted octanol–water partition coefficient (Wildman–Crippen LogP) is 3.94. The minimum atomic E-state index is -0.981. The zero-order valence-corrected chi connectivity index (χ0v) is 12.7. The van der Waals surface area contributed by atoms with Crippen molar-refractivity contribution >= 4 is 44.5 Å². The first-order valence-corrected chi connectivity index (χ1v) is 6.75. The van der Waals surface area contributed by atoms with Gasteiger partial charge in [-0.2, -0.15) is 0 Å². The van der Waals surface area contributed by atoms with Crippen LogP contribution in [-0.2, 0) is 0 Å². The van der Waals surface area contributed by atoms with Crippen molar-refractivity contribution in [3.63, 3.8) is 0 Å². The van der Waals surface area contributed by atoms with E-state index in [4.69, 9.17) is 9.84 Å². The molecule has 0 unspecified atom stereocenters. The number of halogens is 2. The van der Waals surface area contributed by atoms with Crippen molar-refractivity contribution in [1.29, 1.82) is 0 Å². The van der Waals surface area contributed by atoms with Crippen molar-refractivity contribution in [3.8, 4) is 11.5 Å². The summed E-state index contributed by atoms with van der Waals surface area (Å²) >= 11 is 5.41.